The van der Waals surface area contributed by atoms with Crippen LogP contribution in [-0.4, -0.2) is 41.5 Å². The molecule has 9 heteroatoms. The highest BCUT2D eigenvalue weighted by Crippen LogP contribution is 2.04. The fraction of sp³-hybridized carbons (Fsp3) is 0.333. The number of nitrogens with two attached hydrogens (primary N) is 2. The first-order valence-electron chi connectivity index (χ1n) is 7.15. The molecule has 24 heavy (non-hydrogen) atoms. The Labute approximate surface area is 144 Å². The lowest BCUT2D eigenvalue weighted by Gasteiger charge is -2.21. The molecule has 0 unspecified atom stereocenters. The van der Waals surface area contributed by atoms with Crippen molar-refractivity contribution < 1.29 is 19.2 Å². The number of hydrogen-bond acceptors (Lipinski definition) is 5. The van der Waals surface area contributed by atoms with Gasteiger partial charge in [-0.1, -0.05) is 30.3 Å². The van der Waals surface area contributed by atoms with Crippen molar-refractivity contribution in [2.45, 2.75) is 24.9 Å². The van der Waals surface area contributed by atoms with Crippen LogP contribution in [0.2, 0.25) is 0 Å². The molecule has 0 radical (unpaired) electrons. The summed E-state index contributed by atoms with van der Waals surface area (Å²) in [5.74, 6) is -2.92. The second-order valence-electron chi connectivity index (χ2n) is 5.10. The second-order valence-corrected chi connectivity index (χ2v) is 5.42. The zero-order valence-corrected chi connectivity index (χ0v) is 13.8. The van der Waals surface area contributed by atoms with Gasteiger partial charge in [-0.15, -0.1) is 0 Å². The molecule has 130 valence electrons. The third-order valence-corrected chi connectivity index (χ3v) is 3.43. The Balaban J connectivity index is 2.81. The third-order valence-electron chi connectivity index (χ3n) is 3.14. The summed E-state index contributed by atoms with van der Waals surface area (Å²) in [5, 5.41) is 4.76. The molecule has 1 aromatic rings. The first-order valence-corrected chi connectivity index (χ1v) is 7.79. The van der Waals surface area contributed by atoms with Crippen LogP contribution >= 0.6 is 12.6 Å². The normalized spacial score (nSPS) is 12.7. The summed E-state index contributed by atoms with van der Waals surface area (Å²) in [6, 6.07) is 6.79. The van der Waals surface area contributed by atoms with Crippen molar-refractivity contribution in [3.63, 3.8) is 0 Å². The van der Waals surface area contributed by atoms with E-state index in [0.717, 1.165) is 5.56 Å². The van der Waals surface area contributed by atoms with Crippen LogP contribution in [0.5, 0.6) is 0 Å². The average Bonchev–Trinajstić information content (AvgIpc) is 2.53. The van der Waals surface area contributed by atoms with E-state index < -0.39 is 42.1 Å². The van der Waals surface area contributed by atoms with Crippen molar-refractivity contribution in [2.75, 3.05) is 5.75 Å². The number of rotatable bonds is 9. The van der Waals surface area contributed by atoms with Crippen LogP contribution in [0.15, 0.2) is 30.3 Å². The minimum absolute atomic E-state index is 0.161. The van der Waals surface area contributed by atoms with Crippen LogP contribution in [0.25, 0.3) is 0 Å². The molecule has 1 rings (SSSR count). The van der Waals surface area contributed by atoms with Crippen LogP contribution in [0.1, 0.15) is 12.0 Å². The predicted octanol–water partition coefficient (Wildman–Crippen LogP) is -1.51. The SMILES string of the molecule is NC(=O)C[C@H](NC(=O)CS)C(=O)N[C@@H](Cc1ccccc1)C(N)=O. The number of amides is 4. The molecule has 6 N–H and O–H groups in total. The lowest BCUT2D eigenvalue weighted by molar-refractivity contribution is -0.132. The van der Waals surface area contributed by atoms with Crippen molar-refractivity contribution in [3.05, 3.63) is 35.9 Å². The minimum Gasteiger partial charge on any atom is -0.370 e. The number of hydrogen-bond donors (Lipinski definition) is 5. The maximum atomic E-state index is 12.3. The first kappa shape index (κ1) is 19.5. The zero-order valence-electron chi connectivity index (χ0n) is 12.9. The maximum absolute atomic E-state index is 12.3. The predicted molar refractivity (Wildman–Crippen MR) is 90.9 cm³/mol. The fourth-order valence-electron chi connectivity index (χ4n) is 2.00. The van der Waals surface area contributed by atoms with Gasteiger partial charge in [0.1, 0.15) is 12.1 Å². The van der Waals surface area contributed by atoms with Gasteiger partial charge in [0.2, 0.25) is 23.6 Å². The molecule has 0 fully saturated rings. The van der Waals surface area contributed by atoms with Crippen LogP contribution in [0.3, 0.4) is 0 Å². The van der Waals surface area contributed by atoms with Gasteiger partial charge < -0.3 is 22.1 Å². The number of nitrogens with one attached hydrogen (secondary N) is 2. The van der Waals surface area contributed by atoms with Gasteiger partial charge in [0.05, 0.1) is 12.2 Å². The molecule has 2 atom stereocenters. The Morgan fingerprint density at radius 1 is 1.00 bits per heavy atom. The van der Waals surface area contributed by atoms with Crippen molar-refractivity contribution in [2.24, 2.45) is 11.5 Å². The van der Waals surface area contributed by atoms with E-state index >= 15 is 0 Å². The largest absolute Gasteiger partial charge is 0.370 e. The summed E-state index contributed by atoms with van der Waals surface area (Å²) in [6.45, 7) is 0. The Hall–Kier alpha value is -2.55. The van der Waals surface area contributed by atoms with Gasteiger partial charge in [0.15, 0.2) is 0 Å². The Morgan fingerprint density at radius 3 is 2.12 bits per heavy atom. The smallest absolute Gasteiger partial charge is 0.243 e. The highest BCUT2D eigenvalue weighted by Gasteiger charge is 2.26. The van der Waals surface area contributed by atoms with E-state index in [1.54, 1.807) is 24.3 Å². The van der Waals surface area contributed by atoms with Crippen molar-refractivity contribution >= 4 is 36.3 Å². The summed E-state index contributed by atoms with van der Waals surface area (Å²) in [7, 11) is 0. The van der Waals surface area contributed by atoms with Crippen LogP contribution in [-0.2, 0) is 25.6 Å². The molecule has 0 heterocycles. The quantitative estimate of drug-likeness (QED) is 0.344. The van der Waals surface area contributed by atoms with Gasteiger partial charge in [-0.25, -0.2) is 0 Å². The van der Waals surface area contributed by atoms with Crippen LogP contribution in [0, 0.1) is 0 Å². The standard InChI is InChI=1S/C15H20N4O4S/c16-12(20)7-11(18-13(21)8-24)15(23)19-10(14(17)22)6-9-4-2-1-3-5-9/h1-5,10-11,24H,6-8H2,(H2,16,20)(H2,17,22)(H,18,21)(H,19,23)/t10-,11-/m0/s1. The van der Waals surface area contributed by atoms with Gasteiger partial charge in [0.25, 0.3) is 0 Å². The fourth-order valence-corrected chi connectivity index (χ4v) is 2.09. The molecule has 0 aliphatic rings. The maximum Gasteiger partial charge on any atom is 0.243 e. The van der Waals surface area contributed by atoms with Crippen molar-refractivity contribution in [3.8, 4) is 0 Å². The van der Waals surface area contributed by atoms with Gasteiger partial charge in [-0.3, -0.25) is 19.2 Å². The van der Waals surface area contributed by atoms with Crippen LogP contribution < -0.4 is 22.1 Å². The van der Waals surface area contributed by atoms with E-state index in [9.17, 15) is 19.2 Å². The lowest BCUT2D eigenvalue weighted by Crippen LogP contribution is -2.54. The molecular formula is C15H20N4O4S. The molecular weight excluding hydrogens is 332 g/mol. The first-order chi connectivity index (χ1) is 11.3. The summed E-state index contributed by atoms with van der Waals surface area (Å²) in [5.41, 5.74) is 11.2. The molecule has 0 spiro atoms. The molecule has 0 aliphatic heterocycles. The molecule has 0 aromatic heterocycles. The van der Waals surface area contributed by atoms with Gasteiger partial charge in [-0.2, -0.15) is 12.6 Å². The average molecular weight is 352 g/mol. The number of carbonyl (C=O) groups excluding carboxylic acids is 4. The zero-order chi connectivity index (χ0) is 18.1. The molecule has 0 saturated heterocycles. The highest BCUT2D eigenvalue weighted by molar-refractivity contribution is 7.81. The van der Waals surface area contributed by atoms with E-state index in [1.807, 2.05) is 6.07 Å². The van der Waals surface area contributed by atoms with E-state index in [-0.39, 0.29) is 12.2 Å². The number of primary amides is 2. The number of carbonyl (C=O) groups is 4. The Kier molecular flexibility index (Phi) is 7.76. The molecule has 0 aliphatic carbocycles. The lowest BCUT2D eigenvalue weighted by atomic mass is 10.0. The van der Waals surface area contributed by atoms with Gasteiger partial charge in [-0.05, 0) is 5.56 Å². The summed E-state index contributed by atoms with van der Waals surface area (Å²) >= 11 is 3.78. The summed E-state index contributed by atoms with van der Waals surface area (Å²) < 4.78 is 0. The van der Waals surface area contributed by atoms with E-state index in [2.05, 4.69) is 23.3 Å². The van der Waals surface area contributed by atoms with Crippen molar-refractivity contribution in [1.82, 2.24) is 10.6 Å². The molecule has 0 saturated carbocycles. The topological polar surface area (TPSA) is 144 Å². The molecule has 0 bridgehead atoms. The monoisotopic (exact) mass is 352 g/mol. The Morgan fingerprint density at radius 2 is 1.62 bits per heavy atom. The third kappa shape index (κ3) is 6.69. The van der Waals surface area contributed by atoms with Crippen LogP contribution in [0.4, 0.5) is 0 Å². The van der Waals surface area contributed by atoms with Gasteiger partial charge in [0, 0.05) is 6.42 Å². The second kappa shape index (κ2) is 9.56. The van der Waals surface area contributed by atoms with E-state index in [1.165, 1.54) is 0 Å². The molecule has 1 aromatic carbocycles. The molecule has 4 amide bonds. The number of benzene rings is 1. The number of thiol groups is 1. The summed E-state index contributed by atoms with van der Waals surface area (Å²) in [4.78, 5) is 46.3. The van der Waals surface area contributed by atoms with Gasteiger partial charge >= 0.3 is 0 Å². The van der Waals surface area contributed by atoms with E-state index in [0.29, 0.717) is 0 Å². The Bertz CT molecular complexity index is 609. The van der Waals surface area contributed by atoms with Crippen molar-refractivity contribution in [1.29, 1.82) is 0 Å². The van der Waals surface area contributed by atoms with E-state index in [4.69, 9.17) is 11.5 Å². The summed E-state index contributed by atoms with van der Waals surface area (Å²) in [6.07, 6.45) is -0.214. The molecule has 8 nitrogen and oxygen atoms in total. The minimum atomic E-state index is -1.19. The highest BCUT2D eigenvalue weighted by atomic mass is 32.1.